The Morgan fingerprint density at radius 1 is 1.19 bits per heavy atom. The van der Waals surface area contributed by atoms with Crippen LogP contribution in [0.1, 0.15) is 41.0 Å². The molecule has 0 bridgehead atoms. The molecule has 0 spiro atoms. The van der Waals surface area contributed by atoms with Gasteiger partial charge in [0.15, 0.2) is 8.32 Å². The van der Waals surface area contributed by atoms with Crippen molar-refractivity contribution in [1.29, 1.82) is 0 Å². The van der Waals surface area contributed by atoms with Crippen LogP contribution in [0.5, 0.6) is 0 Å². The topological polar surface area (TPSA) is 9.23 Å². The fraction of sp³-hybridized carbons (Fsp3) is 0.857. The summed E-state index contributed by atoms with van der Waals surface area (Å²) in [5.74, 6) is 0. The van der Waals surface area contributed by atoms with Gasteiger partial charge in [-0.3, -0.25) is 0 Å². The molecule has 1 aliphatic heterocycles. The zero-order valence-corrected chi connectivity index (χ0v) is 13.1. The van der Waals surface area contributed by atoms with Gasteiger partial charge in [-0.1, -0.05) is 26.8 Å². The van der Waals surface area contributed by atoms with Gasteiger partial charge in [-0.25, -0.2) is 0 Å². The SMILES string of the molecule is C=CCC1(C)C[Si](C)(C)OC(C)(C)C1(C)C. The summed E-state index contributed by atoms with van der Waals surface area (Å²) in [5, 5.41) is 0. The Hall–Kier alpha value is -0.0831. The van der Waals surface area contributed by atoms with E-state index in [-0.39, 0.29) is 11.0 Å². The van der Waals surface area contributed by atoms with Crippen molar-refractivity contribution in [2.45, 2.75) is 65.8 Å². The van der Waals surface area contributed by atoms with Crippen LogP contribution in [-0.2, 0) is 4.43 Å². The zero-order valence-electron chi connectivity index (χ0n) is 12.1. The molecule has 1 aliphatic rings. The van der Waals surface area contributed by atoms with Crippen molar-refractivity contribution in [3.05, 3.63) is 12.7 Å². The number of hydrogen-bond donors (Lipinski definition) is 0. The maximum absolute atomic E-state index is 6.42. The molecule has 1 saturated heterocycles. The summed E-state index contributed by atoms with van der Waals surface area (Å²) in [6.07, 6.45) is 3.16. The molecule has 1 nitrogen and oxygen atoms in total. The van der Waals surface area contributed by atoms with Gasteiger partial charge in [0, 0.05) is 0 Å². The Kier molecular flexibility index (Phi) is 3.24. The molecule has 1 rings (SSSR count). The summed E-state index contributed by atoms with van der Waals surface area (Å²) in [6, 6.07) is 1.22. The van der Waals surface area contributed by atoms with Gasteiger partial charge in [0.2, 0.25) is 0 Å². The predicted molar refractivity (Wildman–Crippen MR) is 74.2 cm³/mol. The Labute approximate surface area is 102 Å². The van der Waals surface area contributed by atoms with Crippen LogP contribution in [0, 0.1) is 10.8 Å². The first-order chi connectivity index (χ1) is 6.97. The molecule has 1 atom stereocenters. The van der Waals surface area contributed by atoms with Gasteiger partial charge in [-0.15, -0.1) is 6.58 Å². The summed E-state index contributed by atoms with van der Waals surface area (Å²) in [4.78, 5) is 0. The summed E-state index contributed by atoms with van der Waals surface area (Å²) in [7, 11) is -1.54. The molecule has 2 heteroatoms. The summed E-state index contributed by atoms with van der Waals surface area (Å²) >= 11 is 0. The van der Waals surface area contributed by atoms with E-state index < -0.39 is 8.32 Å². The molecule has 0 radical (unpaired) electrons. The molecule has 1 fully saturated rings. The van der Waals surface area contributed by atoms with Gasteiger partial charge < -0.3 is 4.43 Å². The highest BCUT2D eigenvalue weighted by atomic mass is 28.4. The highest BCUT2D eigenvalue weighted by molar-refractivity contribution is 6.71. The van der Waals surface area contributed by atoms with Crippen LogP contribution in [0.2, 0.25) is 19.1 Å². The Morgan fingerprint density at radius 3 is 2.12 bits per heavy atom. The molecule has 0 aromatic carbocycles. The molecule has 0 aromatic rings. The van der Waals surface area contributed by atoms with Crippen LogP contribution in [-0.4, -0.2) is 13.9 Å². The summed E-state index contributed by atoms with van der Waals surface area (Å²) in [5.41, 5.74) is 0.446. The molecule has 94 valence electrons. The molecule has 1 unspecified atom stereocenters. The Balaban J connectivity index is 3.20. The second-order valence-corrected chi connectivity index (χ2v) is 11.3. The summed E-state index contributed by atoms with van der Waals surface area (Å²) < 4.78 is 6.42. The van der Waals surface area contributed by atoms with Gasteiger partial charge in [-0.2, -0.15) is 0 Å². The van der Waals surface area contributed by atoms with Crippen molar-refractivity contribution in [1.82, 2.24) is 0 Å². The molecule has 0 amide bonds. The van der Waals surface area contributed by atoms with Gasteiger partial charge in [0.05, 0.1) is 5.60 Å². The van der Waals surface area contributed by atoms with E-state index in [0.29, 0.717) is 5.41 Å². The molecule has 0 N–H and O–H groups in total. The minimum atomic E-state index is -1.54. The second kappa shape index (κ2) is 3.71. The van der Waals surface area contributed by atoms with Crippen LogP contribution in [0.25, 0.3) is 0 Å². The van der Waals surface area contributed by atoms with E-state index in [0.717, 1.165) is 6.42 Å². The molecule has 0 aromatic heterocycles. The maximum Gasteiger partial charge on any atom is 0.188 e. The van der Waals surface area contributed by atoms with Gasteiger partial charge in [0.25, 0.3) is 0 Å². The zero-order chi connectivity index (χ0) is 12.8. The van der Waals surface area contributed by atoms with Crippen molar-refractivity contribution in [2.75, 3.05) is 0 Å². The lowest BCUT2D eigenvalue weighted by Gasteiger charge is -2.61. The monoisotopic (exact) mass is 240 g/mol. The normalized spacial score (nSPS) is 35.7. The minimum Gasteiger partial charge on any atom is -0.412 e. The number of hydrogen-bond acceptors (Lipinski definition) is 1. The minimum absolute atomic E-state index is 0.0429. The van der Waals surface area contributed by atoms with Crippen molar-refractivity contribution in [3.8, 4) is 0 Å². The fourth-order valence-electron chi connectivity index (χ4n) is 3.39. The van der Waals surface area contributed by atoms with Crippen LogP contribution < -0.4 is 0 Å². The van der Waals surface area contributed by atoms with Gasteiger partial charge in [-0.05, 0) is 50.2 Å². The molecule has 0 saturated carbocycles. The smallest absolute Gasteiger partial charge is 0.188 e. The molecular formula is C14H28OSi. The third kappa shape index (κ3) is 2.02. The molecular weight excluding hydrogens is 212 g/mol. The van der Waals surface area contributed by atoms with Crippen LogP contribution in [0.3, 0.4) is 0 Å². The lowest BCUT2D eigenvalue weighted by atomic mass is 9.58. The first-order valence-corrected chi connectivity index (χ1v) is 9.40. The molecule has 0 aliphatic carbocycles. The third-order valence-corrected chi connectivity index (χ3v) is 7.65. The van der Waals surface area contributed by atoms with Crippen LogP contribution in [0.15, 0.2) is 12.7 Å². The standard InChI is InChI=1S/C14H28OSi/c1-9-10-14(6)11-16(7,8)15-13(4,5)12(14,2)3/h9H,1,10-11H2,2-8H3. The van der Waals surface area contributed by atoms with E-state index in [1.165, 1.54) is 6.04 Å². The van der Waals surface area contributed by atoms with E-state index in [1.807, 2.05) is 0 Å². The Morgan fingerprint density at radius 2 is 1.69 bits per heavy atom. The quantitative estimate of drug-likeness (QED) is 0.506. The van der Waals surface area contributed by atoms with E-state index >= 15 is 0 Å². The number of rotatable bonds is 2. The fourth-order valence-corrected chi connectivity index (χ4v) is 7.56. The average molecular weight is 240 g/mol. The largest absolute Gasteiger partial charge is 0.412 e. The predicted octanol–water partition coefficient (Wildman–Crippen LogP) is 4.61. The molecule has 16 heavy (non-hydrogen) atoms. The van der Waals surface area contributed by atoms with Crippen molar-refractivity contribution >= 4 is 8.32 Å². The van der Waals surface area contributed by atoms with E-state index in [2.05, 4.69) is 60.4 Å². The lowest BCUT2D eigenvalue weighted by Crippen LogP contribution is -2.63. The third-order valence-electron chi connectivity index (χ3n) is 4.96. The first kappa shape index (κ1) is 14.0. The molecule has 1 heterocycles. The van der Waals surface area contributed by atoms with E-state index in [4.69, 9.17) is 4.43 Å². The highest BCUT2D eigenvalue weighted by Crippen LogP contribution is 2.59. The van der Waals surface area contributed by atoms with E-state index in [1.54, 1.807) is 0 Å². The van der Waals surface area contributed by atoms with E-state index in [9.17, 15) is 0 Å². The maximum atomic E-state index is 6.42. The lowest BCUT2D eigenvalue weighted by molar-refractivity contribution is -0.113. The van der Waals surface area contributed by atoms with Crippen molar-refractivity contribution in [3.63, 3.8) is 0 Å². The summed E-state index contributed by atoms with van der Waals surface area (Å²) in [6.45, 7) is 20.2. The average Bonchev–Trinajstić information content (AvgIpc) is 1.97. The van der Waals surface area contributed by atoms with Crippen LogP contribution in [0.4, 0.5) is 0 Å². The van der Waals surface area contributed by atoms with Crippen LogP contribution >= 0.6 is 0 Å². The Bertz CT molecular complexity index is 291. The highest BCUT2D eigenvalue weighted by Gasteiger charge is 2.58. The first-order valence-electron chi connectivity index (χ1n) is 6.29. The van der Waals surface area contributed by atoms with Crippen molar-refractivity contribution in [2.24, 2.45) is 10.8 Å². The van der Waals surface area contributed by atoms with Gasteiger partial charge in [0.1, 0.15) is 0 Å². The van der Waals surface area contributed by atoms with Crippen molar-refractivity contribution < 1.29 is 4.43 Å². The van der Waals surface area contributed by atoms with Gasteiger partial charge >= 0.3 is 0 Å². The second-order valence-electron chi connectivity index (χ2n) is 7.23. The number of allylic oxidation sites excluding steroid dienone is 1.